The number of hydrogen-bond donors (Lipinski definition) is 3. The average molecular weight is 606 g/mol. The second-order valence-corrected chi connectivity index (χ2v) is 12.3. The van der Waals surface area contributed by atoms with Gasteiger partial charge >= 0.3 is 0 Å². The van der Waals surface area contributed by atoms with Crippen molar-refractivity contribution in [3.05, 3.63) is 102 Å². The number of carbonyl (C=O) groups is 1. The largest absolute Gasteiger partial charge is 0.493 e. The fourth-order valence-electron chi connectivity index (χ4n) is 4.12. The molecule has 11 heteroatoms. The zero-order chi connectivity index (χ0) is 31.0. The summed E-state index contributed by atoms with van der Waals surface area (Å²) in [5.41, 5.74) is 1.64. The molecule has 0 saturated carbocycles. The van der Waals surface area contributed by atoms with Crippen molar-refractivity contribution in [2.75, 3.05) is 25.0 Å². The number of pyridine rings is 1. The lowest BCUT2D eigenvalue weighted by atomic mass is 9.87. The van der Waals surface area contributed by atoms with Crippen molar-refractivity contribution in [3.63, 3.8) is 0 Å². The quantitative estimate of drug-likeness (QED) is 0.198. The van der Waals surface area contributed by atoms with E-state index in [0.717, 1.165) is 11.1 Å². The number of rotatable bonds is 12. The molecule has 0 atom stereocenters. The minimum absolute atomic E-state index is 0.0170. The van der Waals surface area contributed by atoms with Crippen LogP contribution in [-0.4, -0.2) is 44.7 Å². The van der Waals surface area contributed by atoms with Crippen LogP contribution >= 0.6 is 0 Å². The third-order valence-corrected chi connectivity index (χ3v) is 7.78. The van der Waals surface area contributed by atoms with Gasteiger partial charge in [0, 0.05) is 24.5 Å². The number of amides is 1. The summed E-state index contributed by atoms with van der Waals surface area (Å²) in [5.74, 6) is 0.200. The summed E-state index contributed by atoms with van der Waals surface area (Å²) in [6, 6.07) is 19.8. The highest BCUT2D eigenvalue weighted by atomic mass is 32.2. The molecule has 0 spiro atoms. The summed E-state index contributed by atoms with van der Waals surface area (Å²) in [5, 5.41) is 12.3. The van der Waals surface area contributed by atoms with Crippen LogP contribution in [0.15, 0.2) is 90.1 Å². The van der Waals surface area contributed by atoms with Gasteiger partial charge in [-0.3, -0.25) is 14.5 Å². The molecule has 3 aromatic carbocycles. The van der Waals surface area contributed by atoms with Gasteiger partial charge in [-0.05, 0) is 59.0 Å². The Morgan fingerprint density at radius 2 is 1.67 bits per heavy atom. The molecule has 43 heavy (non-hydrogen) atoms. The van der Waals surface area contributed by atoms with E-state index in [1.807, 2.05) is 26.8 Å². The maximum Gasteiger partial charge on any atom is 0.262 e. The number of aliphatic hydroxyl groups is 1. The predicted molar refractivity (Wildman–Crippen MR) is 163 cm³/mol. The topological polar surface area (TPSA) is 136 Å². The van der Waals surface area contributed by atoms with E-state index in [1.165, 1.54) is 31.4 Å². The molecule has 0 aliphatic carbocycles. The molecular weight excluding hydrogens is 570 g/mol. The van der Waals surface area contributed by atoms with Crippen molar-refractivity contribution in [1.29, 1.82) is 0 Å². The number of methoxy groups -OCH3 is 1. The van der Waals surface area contributed by atoms with Crippen LogP contribution in [-0.2, 0) is 22.0 Å². The number of benzene rings is 3. The monoisotopic (exact) mass is 605 g/mol. The Bertz CT molecular complexity index is 1650. The molecule has 0 aliphatic rings. The Kier molecular flexibility index (Phi) is 9.89. The number of hydrogen-bond acceptors (Lipinski definition) is 8. The number of aromatic nitrogens is 1. The molecule has 0 radical (unpaired) electrons. The number of para-hydroxylation sites is 2. The second kappa shape index (κ2) is 13.6. The zero-order valence-electron chi connectivity index (χ0n) is 24.5. The van der Waals surface area contributed by atoms with Gasteiger partial charge in [0.25, 0.3) is 15.9 Å². The minimum atomic E-state index is -4.15. The Morgan fingerprint density at radius 1 is 0.953 bits per heavy atom. The number of ether oxygens (including phenoxy) is 3. The van der Waals surface area contributed by atoms with Crippen molar-refractivity contribution in [2.24, 2.45) is 0 Å². The van der Waals surface area contributed by atoms with Crippen LogP contribution in [0.4, 0.5) is 5.69 Å². The molecule has 0 bridgehead atoms. The maximum atomic E-state index is 13.6. The van der Waals surface area contributed by atoms with Gasteiger partial charge in [-0.15, -0.1) is 0 Å². The number of anilines is 1. The molecule has 0 aliphatic heterocycles. The molecule has 0 saturated heterocycles. The Labute approximate surface area is 251 Å². The summed E-state index contributed by atoms with van der Waals surface area (Å²) in [6.45, 7) is 5.84. The van der Waals surface area contributed by atoms with Crippen molar-refractivity contribution >= 4 is 21.6 Å². The zero-order valence-corrected chi connectivity index (χ0v) is 25.3. The molecule has 10 nitrogen and oxygen atoms in total. The van der Waals surface area contributed by atoms with E-state index in [2.05, 4.69) is 15.0 Å². The van der Waals surface area contributed by atoms with Crippen LogP contribution in [0.1, 0.15) is 42.3 Å². The molecule has 0 fully saturated rings. The molecule has 1 aromatic heterocycles. The van der Waals surface area contributed by atoms with E-state index >= 15 is 0 Å². The molecule has 1 heterocycles. The van der Waals surface area contributed by atoms with Crippen LogP contribution < -0.4 is 24.2 Å². The van der Waals surface area contributed by atoms with Gasteiger partial charge in [-0.2, -0.15) is 0 Å². The Hall–Kier alpha value is -4.61. The highest BCUT2D eigenvalue weighted by Crippen LogP contribution is 2.43. The summed E-state index contributed by atoms with van der Waals surface area (Å²) in [4.78, 5) is 17.3. The molecule has 4 aromatic rings. The predicted octanol–water partition coefficient (Wildman–Crippen LogP) is 5.28. The standard InChI is InChI=1S/C32H35N3O7S/c1-32(2,3)24-11-13-25(14-12-24)43(38,39)35-26-18-23(31(37)34-21-22-8-7-15-33-20-22)19-29(41-17-16-36)30(26)42-28-10-6-5-9-27(28)40-4/h5-15,18-20,35-36H,16-17,21H2,1-4H3,(H,34,37). The fraction of sp³-hybridized carbons (Fsp3) is 0.250. The lowest BCUT2D eigenvalue weighted by Gasteiger charge is -2.21. The lowest BCUT2D eigenvalue weighted by molar-refractivity contribution is 0.0950. The van der Waals surface area contributed by atoms with Crippen LogP contribution in [0.3, 0.4) is 0 Å². The van der Waals surface area contributed by atoms with E-state index < -0.39 is 15.9 Å². The van der Waals surface area contributed by atoms with E-state index in [-0.39, 0.29) is 58.6 Å². The Morgan fingerprint density at radius 3 is 2.30 bits per heavy atom. The molecule has 226 valence electrons. The van der Waals surface area contributed by atoms with Gasteiger partial charge < -0.3 is 24.6 Å². The summed E-state index contributed by atoms with van der Waals surface area (Å²) < 4.78 is 47.2. The molecule has 4 rings (SSSR count). The van der Waals surface area contributed by atoms with Gasteiger partial charge in [-0.1, -0.05) is 51.1 Å². The van der Waals surface area contributed by atoms with Gasteiger partial charge in [0.05, 0.1) is 24.3 Å². The van der Waals surface area contributed by atoms with Crippen molar-refractivity contribution in [2.45, 2.75) is 37.6 Å². The number of nitrogens with zero attached hydrogens (tertiary/aromatic N) is 1. The van der Waals surface area contributed by atoms with Crippen LogP contribution in [0, 0.1) is 0 Å². The summed E-state index contributed by atoms with van der Waals surface area (Å²) >= 11 is 0. The molecule has 3 N–H and O–H groups in total. The number of sulfonamides is 1. The van der Waals surface area contributed by atoms with Crippen molar-refractivity contribution < 1.29 is 32.5 Å². The van der Waals surface area contributed by atoms with Crippen LogP contribution in [0.5, 0.6) is 23.0 Å². The minimum Gasteiger partial charge on any atom is -0.493 e. The average Bonchev–Trinajstić information content (AvgIpc) is 3.00. The SMILES string of the molecule is COc1ccccc1Oc1c(NS(=O)(=O)c2ccc(C(C)(C)C)cc2)cc(C(=O)NCc2cccnc2)cc1OCCO. The first kappa shape index (κ1) is 31.3. The van der Waals surface area contributed by atoms with E-state index in [9.17, 15) is 18.3 Å². The number of carbonyl (C=O) groups excluding carboxylic acids is 1. The fourth-order valence-corrected chi connectivity index (χ4v) is 5.17. The molecular formula is C32H35N3O7S. The van der Waals surface area contributed by atoms with E-state index in [0.29, 0.717) is 5.75 Å². The van der Waals surface area contributed by atoms with E-state index in [4.69, 9.17) is 14.2 Å². The molecule has 0 unspecified atom stereocenters. The maximum absolute atomic E-state index is 13.6. The van der Waals surface area contributed by atoms with E-state index in [1.54, 1.807) is 54.9 Å². The summed E-state index contributed by atoms with van der Waals surface area (Å²) in [6.07, 6.45) is 3.26. The van der Waals surface area contributed by atoms with Crippen molar-refractivity contribution in [1.82, 2.24) is 10.3 Å². The third kappa shape index (κ3) is 8.02. The number of aliphatic hydroxyl groups excluding tert-OH is 1. The molecule has 1 amide bonds. The number of nitrogens with one attached hydrogen (secondary N) is 2. The smallest absolute Gasteiger partial charge is 0.262 e. The van der Waals surface area contributed by atoms with Gasteiger partial charge in [0.15, 0.2) is 23.0 Å². The highest BCUT2D eigenvalue weighted by Gasteiger charge is 2.24. The van der Waals surface area contributed by atoms with Gasteiger partial charge in [0.2, 0.25) is 0 Å². The summed E-state index contributed by atoms with van der Waals surface area (Å²) in [7, 11) is -2.67. The van der Waals surface area contributed by atoms with Crippen LogP contribution in [0.25, 0.3) is 0 Å². The second-order valence-electron chi connectivity index (χ2n) is 10.6. The van der Waals surface area contributed by atoms with Crippen molar-refractivity contribution in [3.8, 4) is 23.0 Å². The third-order valence-electron chi connectivity index (χ3n) is 6.40. The first-order valence-corrected chi connectivity index (χ1v) is 15.0. The Balaban J connectivity index is 1.78. The normalized spacial score (nSPS) is 11.5. The highest BCUT2D eigenvalue weighted by molar-refractivity contribution is 7.92. The first-order valence-electron chi connectivity index (χ1n) is 13.5. The van der Waals surface area contributed by atoms with Gasteiger partial charge in [-0.25, -0.2) is 8.42 Å². The first-order chi connectivity index (χ1) is 20.5. The van der Waals surface area contributed by atoms with Crippen LogP contribution in [0.2, 0.25) is 0 Å². The lowest BCUT2D eigenvalue weighted by Crippen LogP contribution is -2.23. The van der Waals surface area contributed by atoms with Gasteiger partial charge in [0.1, 0.15) is 6.61 Å².